The van der Waals surface area contributed by atoms with Crippen LogP contribution in [0, 0.1) is 0 Å². The number of benzene rings is 1. The zero-order chi connectivity index (χ0) is 17.9. The number of amides is 2. The third-order valence-electron chi connectivity index (χ3n) is 4.50. The van der Waals surface area contributed by atoms with Crippen molar-refractivity contribution < 1.29 is 9.59 Å². The largest absolute Gasteiger partial charge is 0.351 e. The first-order chi connectivity index (χ1) is 12.7. The molecule has 1 saturated heterocycles. The van der Waals surface area contributed by atoms with Crippen molar-refractivity contribution >= 4 is 44.6 Å². The summed E-state index contributed by atoms with van der Waals surface area (Å²) in [6.07, 6.45) is 4.03. The SMILES string of the molecule is O=C(NCCCN1CCCC1=O)c1cnc(-c2csc3ccccc23)s1. The van der Waals surface area contributed by atoms with Crippen molar-refractivity contribution in [2.75, 3.05) is 19.6 Å². The number of carbonyl (C=O) groups excluding carboxylic acids is 2. The zero-order valence-corrected chi connectivity index (χ0v) is 15.9. The summed E-state index contributed by atoms with van der Waals surface area (Å²) in [5.41, 5.74) is 1.09. The van der Waals surface area contributed by atoms with Crippen LogP contribution in [0.1, 0.15) is 28.9 Å². The van der Waals surface area contributed by atoms with Gasteiger partial charge in [0.15, 0.2) is 0 Å². The number of aromatic nitrogens is 1. The monoisotopic (exact) mass is 385 g/mol. The molecule has 1 aliphatic rings. The maximum Gasteiger partial charge on any atom is 0.263 e. The Morgan fingerprint density at radius 1 is 1.31 bits per heavy atom. The number of thiophene rings is 1. The molecule has 3 aromatic rings. The van der Waals surface area contributed by atoms with Gasteiger partial charge in [-0.1, -0.05) is 18.2 Å². The molecule has 1 aromatic carbocycles. The molecule has 5 nitrogen and oxygen atoms in total. The lowest BCUT2D eigenvalue weighted by Crippen LogP contribution is -2.30. The van der Waals surface area contributed by atoms with E-state index in [4.69, 9.17) is 0 Å². The van der Waals surface area contributed by atoms with E-state index in [0.717, 1.165) is 30.0 Å². The molecule has 2 amide bonds. The van der Waals surface area contributed by atoms with Crippen LogP contribution in [0.15, 0.2) is 35.8 Å². The Kier molecular flexibility index (Phi) is 4.99. The molecule has 0 aliphatic carbocycles. The number of thiazole rings is 1. The predicted molar refractivity (Wildman–Crippen MR) is 106 cm³/mol. The molecule has 7 heteroatoms. The number of hydrogen-bond donors (Lipinski definition) is 1. The number of rotatable bonds is 6. The van der Waals surface area contributed by atoms with E-state index in [-0.39, 0.29) is 11.8 Å². The summed E-state index contributed by atoms with van der Waals surface area (Å²) in [5.74, 6) is 0.132. The summed E-state index contributed by atoms with van der Waals surface area (Å²) in [4.78, 5) is 30.8. The van der Waals surface area contributed by atoms with Crippen LogP contribution in [0.25, 0.3) is 20.7 Å². The van der Waals surface area contributed by atoms with E-state index in [1.165, 1.54) is 21.4 Å². The molecule has 0 unspecified atom stereocenters. The standard InChI is InChI=1S/C19H19N3O2S2/c23-17-7-3-9-22(17)10-4-8-20-18(24)16-11-21-19(26-16)14-12-25-15-6-2-1-5-13(14)15/h1-2,5-6,11-12H,3-4,7-10H2,(H,20,24). The highest BCUT2D eigenvalue weighted by Crippen LogP contribution is 2.35. The third-order valence-corrected chi connectivity index (χ3v) is 6.50. The first-order valence-electron chi connectivity index (χ1n) is 8.71. The van der Waals surface area contributed by atoms with E-state index in [0.29, 0.717) is 24.4 Å². The summed E-state index contributed by atoms with van der Waals surface area (Å²) in [6, 6.07) is 8.22. The van der Waals surface area contributed by atoms with Crippen LogP contribution in [0.5, 0.6) is 0 Å². The first-order valence-corrected chi connectivity index (χ1v) is 10.4. The number of carbonyl (C=O) groups is 2. The fourth-order valence-corrected chi connectivity index (χ4v) is 5.03. The Morgan fingerprint density at radius 3 is 3.04 bits per heavy atom. The summed E-state index contributed by atoms with van der Waals surface area (Å²) in [6.45, 7) is 2.13. The van der Waals surface area contributed by atoms with Crippen molar-refractivity contribution in [3.8, 4) is 10.6 Å². The average molecular weight is 386 g/mol. The van der Waals surface area contributed by atoms with Crippen molar-refractivity contribution in [1.29, 1.82) is 0 Å². The van der Waals surface area contributed by atoms with Gasteiger partial charge < -0.3 is 10.2 Å². The Hall–Kier alpha value is -2.25. The maximum absolute atomic E-state index is 12.3. The van der Waals surface area contributed by atoms with Gasteiger partial charge in [-0.25, -0.2) is 4.98 Å². The zero-order valence-electron chi connectivity index (χ0n) is 14.2. The lowest BCUT2D eigenvalue weighted by atomic mass is 10.2. The minimum atomic E-state index is -0.0963. The summed E-state index contributed by atoms with van der Waals surface area (Å²) in [5, 5.41) is 7.07. The predicted octanol–water partition coefficient (Wildman–Crippen LogP) is 3.77. The summed E-state index contributed by atoms with van der Waals surface area (Å²) in [7, 11) is 0. The highest BCUT2D eigenvalue weighted by Gasteiger charge is 2.19. The maximum atomic E-state index is 12.3. The van der Waals surface area contributed by atoms with E-state index >= 15 is 0 Å². The topological polar surface area (TPSA) is 62.3 Å². The lowest BCUT2D eigenvalue weighted by molar-refractivity contribution is -0.127. The number of nitrogens with one attached hydrogen (secondary N) is 1. The number of likely N-dealkylation sites (tertiary alicyclic amines) is 1. The van der Waals surface area contributed by atoms with Crippen molar-refractivity contribution in [3.05, 3.63) is 40.7 Å². The lowest BCUT2D eigenvalue weighted by Gasteiger charge is -2.15. The van der Waals surface area contributed by atoms with Crippen LogP contribution in [-0.4, -0.2) is 41.3 Å². The molecule has 4 rings (SSSR count). The molecule has 3 heterocycles. The smallest absolute Gasteiger partial charge is 0.263 e. The van der Waals surface area contributed by atoms with Gasteiger partial charge in [0, 0.05) is 47.1 Å². The van der Waals surface area contributed by atoms with E-state index < -0.39 is 0 Å². The second kappa shape index (κ2) is 7.55. The van der Waals surface area contributed by atoms with E-state index in [1.807, 2.05) is 17.0 Å². The van der Waals surface area contributed by atoms with Crippen LogP contribution in [0.4, 0.5) is 0 Å². The molecule has 0 spiro atoms. The molecular formula is C19H19N3O2S2. The van der Waals surface area contributed by atoms with Gasteiger partial charge in [0.2, 0.25) is 5.91 Å². The van der Waals surface area contributed by atoms with Crippen molar-refractivity contribution in [3.63, 3.8) is 0 Å². The van der Waals surface area contributed by atoms with Crippen LogP contribution in [-0.2, 0) is 4.79 Å². The molecule has 0 radical (unpaired) electrons. The summed E-state index contributed by atoms with van der Waals surface area (Å²) >= 11 is 3.11. The molecule has 26 heavy (non-hydrogen) atoms. The fraction of sp³-hybridized carbons (Fsp3) is 0.316. The Morgan fingerprint density at radius 2 is 2.19 bits per heavy atom. The van der Waals surface area contributed by atoms with Crippen LogP contribution >= 0.6 is 22.7 Å². The molecule has 1 fully saturated rings. The van der Waals surface area contributed by atoms with Gasteiger partial charge in [-0.05, 0) is 18.9 Å². The van der Waals surface area contributed by atoms with E-state index in [1.54, 1.807) is 17.5 Å². The Balaban J connectivity index is 1.35. The molecule has 0 saturated carbocycles. The Bertz CT molecular complexity index is 947. The molecule has 1 N–H and O–H groups in total. The minimum absolute atomic E-state index is 0.0963. The van der Waals surface area contributed by atoms with Crippen LogP contribution in [0.3, 0.4) is 0 Å². The first kappa shape index (κ1) is 17.2. The molecule has 134 valence electrons. The Labute approximate surface area is 159 Å². The quantitative estimate of drug-likeness (QED) is 0.657. The van der Waals surface area contributed by atoms with Gasteiger partial charge in [0.25, 0.3) is 5.91 Å². The molecule has 1 aliphatic heterocycles. The number of fused-ring (bicyclic) bond motifs is 1. The highest BCUT2D eigenvalue weighted by atomic mass is 32.1. The minimum Gasteiger partial charge on any atom is -0.351 e. The van der Waals surface area contributed by atoms with Crippen LogP contribution in [0.2, 0.25) is 0 Å². The van der Waals surface area contributed by atoms with Crippen LogP contribution < -0.4 is 5.32 Å². The van der Waals surface area contributed by atoms with Crippen molar-refractivity contribution in [1.82, 2.24) is 15.2 Å². The molecular weight excluding hydrogens is 366 g/mol. The number of nitrogens with zero attached hydrogens (tertiary/aromatic N) is 2. The molecule has 0 atom stereocenters. The van der Waals surface area contributed by atoms with Crippen molar-refractivity contribution in [2.24, 2.45) is 0 Å². The fourth-order valence-electron chi connectivity index (χ4n) is 3.15. The van der Waals surface area contributed by atoms with E-state index in [9.17, 15) is 9.59 Å². The van der Waals surface area contributed by atoms with Gasteiger partial charge in [-0.3, -0.25) is 9.59 Å². The van der Waals surface area contributed by atoms with E-state index in [2.05, 4.69) is 27.8 Å². The second-order valence-corrected chi connectivity index (χ2v) is 8.21. The highest BCUT2D eigenvalue weighted by molar-refractivity contribution is 7.19. The third kappa shape index (κ3) is 3.50. The van der Waals surface area contributed by atoms with Crippen molar-refractivity contribution in [2.45, 2.75) is 19.3 Å². The van der Waals surface area contributed by atoms with Gasteiger partial charge in [-0.2, -0.15) is 0 Å². The molecule has 2 aromatic heterocycles. The number of hydrogen-bond acceptors (Lipinski definition) is 5. The normalized spacial score (nSPS) is 14.3. The average Bonchev–Trinajstić information content (AvgIpc) is 3.38. The van der Waals surface area contributed by atoms with Gasteiger partial charge >= 0.3 is 0 Å². The van der Waals surface area contributed by atoms with Gasteiger partial charge in [0.05, 0.1) is 6.20 Å². The summed E-state index contributed by atoms with van der Waals surface area (Å²) < 4.78 is 1.22. The van der Waals surface area contributed by atoms with Gasteiger partial charge in [0.1, 0.15) is 9.88 Å². The second-order valence-electron chi connectivity index (χ2n) is 6.27. The molecule has 0 bridgehead atoms. The van der Waals surface area contributed by atoms with Gasteiger partial charge in [-0.15, -0.1) is 22.7 Å².